The molecule has 0 aromatic rings. The number of carbonyl (C=O) groups excluding carboxylic acids is 1. The van der Waals surface area contributed by atoms with Gasteiger partial charge in [-0.05, 0) is 6.42 Å². The third-order valence-electron chi connectivity index (χ3n) is 2.76. The molecule has 0 radical (unpaired) electrons. The number of nitrogens with zero attached hydrogens (tertiary/aromatic N) is 1. The summed E-state index contributed by atoms with van der Waals surface area (Å²) < 4.78 is 5.10. The van der Waals surface area contributed by atoms with E-state index < -0.39 is 12.0 Å². The van der Waals surface area contributed by atoms with Gasteiger partial charge >= 0.3 is 5.97 Å². The van der Waals surface area contributed by atoms with Crippen molar-refractivity contribution in [1.29, 1.82) is 0 Å². The highest BCUT2D eigenvalue weighted by Crippen LogP contribution is 2.21. The first-order valence-electron chi connectivity index (χ1n) is 5.26. The number of allylic oxidation sites excluding steroid dienone is 1. The lowest BCUT2D eigenvalue weighted by Gasteiger charge is -2.20. The van der Waals surface area contributed by atoms with Gasteiger partial charge in [-0.2, -0.15) is 0 Å². The number of rotatable bonds is 5. The minimum Gasteiger partial charge on any atom is -0.480 e. The second-order valence-corrected chi connectivity index (χ2v) is 3.82. The fourth-order valence-electron chi connectivity index (χ4n) is 1.85. The number of aliphatic carboxylic acids is 1. The summed E-state index contributed by atoms with van der Waals surface area (Å²) >= 11 is 0. The van der Waals surface area contributed by atoms with Crippen LogP contribution in [-0.2, 0) is 14.3 Å². The summed E-state index contributed by atoms with van der Waals surface area (Å²) in [6.07, 6.45) is 2.72. The monoisotopic (exact) mass is 227 g/mol. The Morgan fingerprint density at radius 1 is 1.62 bits per heavy atom. The molecule has 2 atom stereocenters. The molecular weight excluding hydrogens is 210 g/mol. The molecule has 2 unspecified atom stereocenters. The highest BCUT2D eigenvalue weighted by atomic mass is 16.5. The molecule has 5 heteroatoms. The SMILES string of the molecule is C=CCCC(=O)N1CC(OC)CC1C(=O)O. The van der Waals surface area contributed by atoms with Gasteiger partial charge in [0.15, 0.2) is 0 Å². The average Bonchev–Trinajstić information content (AvgIpc) is 2.70. The van der Waals surface area contributed by atoms with Crippen molar-refractivity contribution in [1.82, 2.24) is 4.90 Å². The topological polar surface area (TPSA) is 66.8 Å². The van der Waals surface area contributed by atoms with Crippen molar-refractivity contribution in [3.05, 3.63) is 12.7 Å². The standard InChI is InChI=1S/C11H17NO4/c1-3-4-5-10(13)12-7-8(16-2)6-9(12)11(14)15/h3,8-9H,1,4-7H2,2H3,(H,14,15). The molecule has 1 N–H and O–H groups in total. The van der Waals surface area contributed by atoms with Crippen molar-refractivity contribution in [3.8, 4) is 0 Å². The Morgan fingerprint density at radius 3 is 2.81 bits per heavy atom. The van der Waals surface area contributed by atoms with E-state index in [1.165, 1.54) is 12.0 Å². The number of ether oxygens (including phenoxy) is 1. The number of carbonyl (C=O) groups is 2. The summed E-state index contributed by atoms with van der Waals surface area (Å²) in [7, 11) is 1.53. The van der Waals surface area contributed by atoms with Crippen molar-refractivity contribution in [2.45, 2.75) is 31.4 Å². The van der Waals surface area contributed by atoms with E-state index in [4.69, 9.17) is 9.84 Å². The Morgan fingerprint density at radius 2 is 2.31 bits per heavy atom. The zero-order chi connectivity index (χ0) is 12.1. The van der Waals surface area contributed by atoms with Gasteiger partial charge in [-0.25, -0.2) is 4.79 Å². The highest BCUT2D eigenvalue weighted by molar-refractivity contribution is 5.84. The summed E-state index contributed by atoms with van der Waals surface area (Å²) in [6, 6.07) is -0.748. The first-order valence-corrected chi connectivity index (χ1v) is 5.26. The molecule has 1 aliphatic rings. The van der Waals surface area contributed by atoms with Crippen LogP contribution < -0.4 is 0 Å². The lowest BCUT2D eigenvalue weighted by Crippen LogP contribution is -2.40. The number of methoxy groups -OCH3 is 1. The predicted octanol–water partition coefficient (Wildman–Crippen LogP) is 0.653. The van der Waals surface area contributed by atoms with Crippen LogP contribution in [0.5, 0.6) is 0 Å². The largest absolute Gasteiger partial charge is 0.480 e. The molecule has 0 bridgehead atoms. The Bertz CT molecular complexity index is 290. The molecule has 1 fully saturated rings. The van der Waals surface area contributed by atoms with Crippen molar-refractivity contribution in [2.75, 3.05) is 13.7 Å². The fourth-order valence-corrected chi connectivity index (χ4v) is 1.85. The molecule has 0 aromatic carbocycles. The minimum atomic E-state index is -0.966. The zero-order valence-corrected chi connectivity index (χ0v) is 9.39. The summed E-state index contributed by atoms with van der Waals surface area (Å²) in [4.78, 5) is 24.1. The molecule has 1 rings (SSSR count). The van der Waals surface area contributed by atoms with Crippen LogP contribution in [-0.4, -0.2) is 47.7 Å². The summed E-state index contributed by atoms with van der Waals surface area (Å²) in [5.74, 6) is -1.11. The Hall–Kier alpha value is -1.36. The number of hydrogen-bond donors (Lipinski definition) is 1. The van der Waals surface area contributed by atoms with Crippen molar-refractivity contribution in [2.24, 2.45) is 0 Å². The molecule has 1 saturated heterocycles. The summed E-state index contributed by atoms with van der Waals surface area (Å²) in [5.41, 5.74) is 0. The maximum absolute atomic E-state index is 11.7. The van der Waals surface area contributed by atoms with E-state index in [1.54, 1.807) is 6.08 Å². The highest BCUT2D eigenvalue weighted by Gasteiger charge is 2.39. The van der Waals surface area contributed by atoms with Gasteiger partial charge in [0.05, 0.1) is 6.10 Å². The van der Waals surface area contributed by atoms with Crippen LogP contribution in [0, 0.1) is 0 Å². The zero-order valence-electron chi connectivity index (χ0n) is 9.39. The van der Waals surface area contributed by atoms with E-state index in [1.807, 2.05) is 0 Å². The molecular formula is C11H17NO4. The van der Waals surface area contributed by atoms with Crippen molar-refractivity contribution < 1.29 is 19.4 Å². The van der Waals surface area contributed by atoms with Gasteiger partial charge in [-0.1, -0.05) is 6.08 Å². The van der Waals surface area contributed by atoms with Crippen molar-refractivity contribution >= 4 is 11.9 Å². The number of hydrogen-bond acceptors (Lipinski definition) is 3. The van der Waals surface area contributed by atoms with Crippen LogP contribution >= 0.6 is 0 Å². The van der Waals surface area contributed by atoms with Crippen LogP contribution in [0.2, 0.25) is 0 Å². The minimum absolute atomic E-state index is 0.146. The van der Waals surface area contributed by atoms with Gasteiger partial charge in [-0.3, -0.25) is 4.79 Å². The molecule has 1 amide bonds. The van der Waals surface area contributed by atoms with Gasteiger partial charge in [0.2, 0.25) is 5.91 Å². The smallest absolute Gasteiger partial charge is 0.326 e. The molecule has 90 valence electrons. The van der Waals surface area contributed by atoms with Crippen LogP contribution in [0.15, 0.2) is 12.7 Å². The number of amides is 1. The normalized spacial score (nSPS) is 24.4. The number of carboxylic acids is 1. The molecule has 1 heterocycles. The van der Waals surface area contributed by atoms with E-state index in [0.717, 1.165) is 0 Å². The molecule has 5 nitrogen and oxygen atoms in total. The first-order chi connectivity index (χ1) is 7.60. The fraction of sp³-hybridized carbons (Fsp3) is 0.636. The molecule has 0 aliphatic carbocycles. The van der Waals surface area contributed by atoms with Gasteiger partial charge in [0.25, 0.3) is 0 Å². The Kier molecular flexibility index (Phi) is 4.49. The second kappa shape index (κ2) is 5.65. The molecule has 16 heavy (non-hydrogen) atoms. The van der Waals surface area contributed by atoms with E-state index in [0.29, 0.717) is 25.8 Å². The maximum Gasteiger partial charge on any atom is 0.326 e. The lowest BCUT2D eigenvalue weighted by atomic mass is 10.2. The second-order valence-electron chi connectivity index (χ2n) is 3.82. The number of carboxylic acid groups (broad SMARTS) is 1. The van der Waals surface area contributed by atoms with E-state index >= 15 is 0 Å². The quantitative estimate of drug-likeness (QED) is 0.700. The van der Waals surface area contributed by atoms with Crippen LogP contribution in [0.25, 0.3) is 0 Å². The molecule has 0 aromatic heterocycles. The lowest BCUT2D eigenvalue weighted by molar-refractivity contribution is -0.148. The summed E-state index contributed by atoms with van der Waals surface area (Å²) in [6.45, 7) is 3.90. The van der Waals surface area contributed by atoms with E-state index in [-0.39, 0.29) is 12.0 Å². The third-order valence-corrected chi connectivity index (χ3v) is 2.76. The van der Waals surface area contributed by atoms with E-state index in [2.05, 4.69) is 6.58 Å². The molecule has 0 spiro atoms. The van der Waals surface area contributed by atoms with Gasteiger partial charge < -0.3 is 14.7 Å². The van der Waals surface area contributed by atoms with Crippen LogP contribution in [0.1, 0.15) is 19.3 Å². The van der Waals surface area contributed by atoms with Gasteiger partial charge in [-0.15, -0.1) is 6.58 Å². The molecule has 0 saturated carbocycles. The van der Waals surface area contributed by atoms with Gasteiger partial charge in [0, 0.05) is 26.5 Å². The Labute approximate surface area is 94.7 Å². The third kappa shape index (κ3) is 2.82. The average molecular weight is 227 g/mol. The number of likely N-dealkylation sites (tertiary alicyclic amines) is 1. The Balaban J connectivity index is 2.64. The predicted molar refractivity (Wildman–Crippen MR) is 58.0 cm³/mol. The molecule has 1 aliphatic heterocycles. The van der Waals surface area contributed by atoms with E-state index in [9.17, 15) is 9.59 Å². The first kappa shape index (κ1) is 12.7. The van der Waals surface area contributed by atoms with Crippen LogP contribution in [0.3, 0.4) is 0 Å². The summed E-state index contributed by atoms with van der Waals surface area (Å²) in [5, 5.41) is 9.00. The van der Waals surface area contributed by atoms with Crippen molar-refractivity contribution in [3.63, 3.8) is 0 Å². The maximum atomic E-state index is 11.7. The van der Waals surface area contributed by atoms with Crippen LogP contribution in [0.4, 0.5) is 0 Å². The van der Waals surface area contributed by atoms with Gasteiger partial charge in [0.1, 0.15) is 6.04 Å².